The first-order chi connectivity index (χ1) is 12.9. The summed E-state index contributed by atoms with van der Waals surface area (Å²) in [7, 11) is 0. The molecule has 27 heavy (non-hydrogen) atoms. The molecular weight excluding hydrogens is 360 g/mol. The van der Waals surface area contributed by atoms with Crippen LogP contribution in [0.2, 0.25) is 0 Å². The zero-order valence-electron chi connectivity index (χ0n) is 16.0. The number of rotatable bonds is 7. The fraction of sp³-hybridized carbons (Fsp3) is 0.333. The van der Waals surface area contributed by atoms with Gasteiger partial charge in [0.05, 0.1) is 11.7 Å². The first kappa shape index (κ1) is 19.2. The maximum Gasteiger partial charge on any atom is 0.278 e. The van der Waals surface area contributed by atoms with Crippen molar-refractivity contribution in [2.45, 2.75) is 33.8 Å². The van der Waals surface area contributed by atoms with E-state index in [1.54, 1.807) is 0 Å². The zero-order chi connectivity index (χ0) is 19.6. The van der Waals surface area contributed by atoms with Crippen molar-refractivity contribution in [2.24, 2.45) is 5.92 Å². The molecule has 1 N–H and O–H groups in total. The highest BCUT2D eigenvalue weighted by Gasteiger charge is 2.39. The zero-order valence-corrected chi connectivity index (χ0v) is 16.8. The molecule has 1 aliphatic heterocycles. The van der Waals surface area contributed by atoms with Gasteiger partial charge in [0.1, 0.15) is 11.4 Å². The van der Waals surface area contributed by atoms with E-state index in [0.29, 0.717) is 17.8 Å². The predicted octanol–water partition coefficient (Wildman–Crippen LogP) is 4.38. The molecule has 0 unspecified atom stereocenters. The smallest absolute Gasteiger partial charge is 0.278 e. The molecule has 0 saturated carbocycles. The minimum Gasteiger partial charge on any atom is -0.491 e. The third-order valence-corrected chi connectivity index (χ3v) is 4.87. The second-order valence-corrected chi connectivity index (χ2v) is 8.11. The summed E-state index contributed by atoms with van der Waals surface area (Å²) in [5.41, 5.74) is 1.52. The third-order valence-electron chi connectivity index (χ3n) is 3.98. The van der Waals surface area contributed by atoms with Crippen molar-refractivity contribution in [3.8, 4) is 5.75 Å². The quantitative estimate of drug-likeness (QED) is 0.720. The van der Waals surface area contributed by atoms with Crippen LogP contribution >= 0.6 is 11.3 Å². The van der Waals surface area contributed by atoms with Crippen LogP contribution in [-0.2, 0) is 9.59 Å². The van der Waals surface area contributed by atoms with E-state index in [-0.39, 0.29) is 23.8 Å². The van der Waals surface area contributed by atoms with E-state index in [4.69, 9.17) is 4.74 Å². The Kier molecular flexibility index (Phi) is 5.65. The normalized spacial score (nSPS) is 14.7. The van der Waals surface area contributed by atoms with Gasteiger partial charge in [-0.1, -0.05) is 19.9 Å². The van der Waals surface area contributed by atoms with Crippen LogP contribution in [0.15, 0.2) is 47.5 Å². The molecule has 0 atom stereocenters. The average Bonchev–Trinajstić information content (AvgIpc) is 3.19. The second-order valence-electron chi connectivity index (χ2n) is 7.16. The number of nitrogens with one attached hydrogen (secondary N) is 1. The molecule has 1 aliphatic rings. The molecule has 5 nitrogen and oxygen atoms in total. The molecule has 0 spiro atoms. The van der Waals surface area contributed by atoms with Crippen LogP contribution in [-0.4, -0.2) is 29.4 Å². The Balaban J connectivity index is 1.91. The highest BCUT2D eigenvalue weighted by molar-refractivity contribution is 7.11. The summed E-state index contributed by atoms with van der Waals surface area (Å²) >= 11 is 1.45. The standard InChI is InChI=1S/C21H24N2O3S/c1-13(2)12-23-20(24)18(17-6-5-11-27-17)19(21(23)25)22-15-7-9-16(10-8-15)26-14(3)4/h5-11,13-14,22H,12H2,1-4H3. The van der Waals surface area contributed by atoms with Crippen LogP contribution in [0.4, 0.5) is 5.69 Å². The molecule has 2 heterocycles. The maximum atomic E-state index is 12.9. The molecule has 0 fully saturated rings. The topological polar surface area (TPSA) is 58.6 Å². The van der Waals surface area contributed by atoms with Gasteiger partial charge in [0.25, 0.3) is 11.8 Å². The summed E-state index contributed by atoms with van der Waals surface area (Å²) in [6, 6.07) is 11.1. The van der Waals surface area contributed by atoms with Gasteiger partial charge < -0.3 is 10.1 Å². The Morgan fingerprint density at radius 3 is 2.30 bits per heavy atom. The lowest BCUT2D eigenvalue weighted by Gasteiger charge is -2.17. The molecule has 142 valence electrons. The molecule has 0 saturated heterocycles. The van der Waals surface area contributed by atoms with E-state index < -0.39 is 0 Å². The van der Waals surface area contributed by atoms with E-state index in [9.17, 15) is 9.59 Å². The van der Waals surface area contributed by atoms with Gasteiger partial charge in [-0.3, -0.25) is 14.5 Å². The molecule has 3 rings (SSSR count). The number of ether oxygens (including phenoxy) is 1. The first-order valence-electron chi connectivity index (χ1n) is 9.05. The minimum absolute atomic E-state index is 0.0931. The van der Waals surface area contributed by atoms with Gasteiger partial charge in [-0.05, 0) is 55.5 Å². The summed E-state index contributed by atoms with van der Waals surface area (Å²) < 4.78 is 5.65. The fourth-order valence-corrected chi connectivity index (χ4v) is 3.67. The van der Waals surface area contributed by atoms with Gasteiger partial charge in [-0.25, -0.2) is 0 Å². The van der Waals surface area contributed by atoms with Crippen molar-refractivity contribution < 1.29 is 14.3 Å². The molecule has 2 amide bonds. The molecule has 0 radical (unpaired) electrons. The second kappa shape index (κ2) is 7.96. The Hall–Kier alpha value is -2.60. The van der Waals surface area contributed by atoms with Gasteiger partial charge >= 0.3 is 0 Å². The number of amides is 2. The number of nitrogens with zero attached hydrogens (tertiary/aromatic N) is 1. The number of thiophene rings is 1. The van der Waals surface area contributed by atoms with Gasteiger partial charge in [-0.15, -0.1) is 11.3 Å². The molecule has 0 aliphatic carbocycles. The van der Waals surface area contributed by atoms with E-state index in [1.807, 2.05) is 69.5 Å². The van der Waals surface area contributed by atoms with E-state index >= 15 is 0 Å². The van der Waals surface area contributed by atoms with Crippen LogP contribution in [0.5, 0.6) is 5.75 Å². The lowest BCUT2D eigenvalue weighted by molar-refractivity contribution is -0.137. The van der Waals surface area contributed by atoms with Crippen molar-refractivity contribution >= 4 is 34.4 Å². The number of carbonyl (C=O) groups excluding carboxylic acids is 2. The number of benzene rings is 1. The summed E-state index contributed by atoms with van der Waals surface area (Å²) in [5.74, 6) is 0.450. The van der Waals surface area contributed by atoms with Crippen LogP contribution < -0.4 is 10.1 Å². The SMILES string of the molecule is CC(C)CN1C(=O)C(Nc2ccc(OC(C)C)cc2)=C(c2cccs2)C1=O. The number of imide groups is 1. The van der Waals surface area contributed by atoms with Crippen LogP contribution in [0.3, 0.4) is 0 Å². The highest BCUT2D eigenvalue weighted by atomic mass is 32.1. The van der Waals surface area contributed by atoms with Crippen molar-refractivity contribution in [3.63, 3.8) is 0 Å². The third kappa shape index (κ3) is 4.22. The van der Waals surface area contributed by atoms with Crippen molar-refractivity contribution in [3.05, 3.63) is 52.4 Å². The molecule has 2 aromatic rings. The molecule has 6 heteroatoms. The molecule has 1 aromatic carbocycles. The van der Waals surface area contributed by atoms with Crippen LogP contribution in [0.1, 0.15) is 32.6 Å². The summed E-state index contributed by atoms with van der Waals surface area (Å²) in [6.45, 7) is 8.32. The number of anilines is 1. The largest absolute Gasteiger partial charge is 0.491 e. The van der Waals surface area contributed by atoms with Crippen molar-refractivity contribution in [1.29, 1.82) is 0 Å². The first-order valence-corrected chi connectivity index (χ1v) is 9.93. The fourth-order valence-electron chi connectivity index (χ4n) is 2.91. The number of hydrogen-bond donors (Lipinski definition) is 1. The highest BCUT2D eigenvalue weighted by Crippen LogP contribution is 2.33. The van der Waals surface area contributed by atoms with Crippen LogP contribution in [0.25, 0.3) is 5.57 Å². The molecule has 1 aromatic heterocycles. The Labute approximate surface area is 163 Å². The average molecular weight is 385 g/mol. The Bertz CT molecular complexity index is 852. The Morgan fingerprint density at radius 2 is 1.74 bits per heavy atom. The summed E-state index contributed by atoms with van der Waals surface area (Å²) in [5, 5.41) is 5.07. The van der Waals surface area contributed by atoms with E-state index in [1.165, 1.54) is 16.2 Å². The Morgan fingerprint density at radius 1 is 1.04 bits per heavy atom. The van der Waals surface area contributed by atoms with Gasteiger partial charge in [-0.2, -0.15) is 0 Å². The minimum atomic E-state index is -0.278. The summed E-state index contributed by atoms with van der Waals surface area (Å²) in [4.78, 5) is 28.0. The van der Waals surface area contributed by atoms with E-state index in [0.717, 1.165) is 16.3 Å². The number of carbonyl (C=O) groups is 2. The summed E-state index contributed by atoms with van der Waals surface area (Å²) in [6.07, 6.45) is 0.0931. The van der Waals surface area contributed by atoms with Gasteiger partial charge in [0.15, 0.2) is 0 Å². The lowest BCUT2D eigenvalue weighted by Crippen LogP contribution is -2.35. The lowest BCUT2D eigenvalue weighted by atomic mass is 10.1. The van der Waals surface area contributed by atoms with Crippen molar-refractivity contribution in [1.82, 2.24) is 4.90 Å². The molecule has 0 bridgehead atoms. The van der Waals surface area contributed by atoms with Crippen molar-refractivity contribution in [2.75, 3.05) is 11.9 Å². The van der Waals surface area contributed by atoms with E-state index in [2.05, 4.69) is 5.32 Å². The van der Waals surface area contributed by atoms with Gasteiger partial charge in [0, 0.05) is 17.1 Å². The molecular formula is C21H24N2O3S. The maximum absolute atomic E-state index is 12.9. The predicted molar refractivity (Wildman–Crippen MR) is 109 cm³/mol. The van der Waals surface area contributed by atoms with Crippen LogP contribution in [0, 0.1) is 5.92 Å². The number of hydrogen-bond acceptors (Lipinski definition) is 5. The monoisotopic (exact) mass is 384 g/mol. The van der Waals surface area contributed by atoms with Gasteiger partial charge in [0.2, 0.25) is 0 Å².